The third kappa shape index (κ3) is 13.4. The molecule has 0 aromatic carbocycles. The van der Waals surface area contributed by atoms with E-state index in [1.807, 2.05) is 0 Å². The van der Waals surface area contributed by atoms with Crippen molar-refractivity contribution in [1.29, 1.82) is 0 Å². The summed E-state index contributed by atoms with van der Waals surface area (Å²) in [5, 5.41) is 0. The van der Waals surface area contributed by atoms with Crippen molar-refractivity contribution in [2.24, 2.45) is 5.92 Å². The minimum Gasteiger partial charge on any atom is -0.343 e. The zero-order valence-electron chi connectivity index (χ0n) is 13.6. The molecule has 0 aliphatic heterocycles. The van der Waals surface area contributed by atoms with E-state index in [2.05, 4.69) is 69.4 Å². The number of hydrogen-bond acceptors (Lipinski definition) is 0. The second-order valence-corrected chi connectivity index (χ2v) is 5.12. The number of unbranched alkanes of at least 4 members (excludes halogenated alkanes) is 2. The highest BCUT2D eigenvalue weighted by atomic mass is 14.0. The van der Waals surface area contributed by atoms with Crippen molar-refractivity contribution in [3.63, 3.8) is 0 Å². The lowest BCUT2D eigenvalue weighted by Crippen LogP contribution is -1.91. The minimum atomic E-state index is 0.701. The minimum absolute atomic E-state index is 0.701. The van der Waals surface area contributed by atoms with Crippen LogP contribution in [0.1, 0.15) is 65.2 Å². The van der Waals surface area contributed by atoms with E-state index in [1.54, 1.807) is 0 Å². The summed E-state index contributed by atoms with van der Waals surface area (Å²) in [5.74, 6) is 0.701. The van der Waals surface area contributed by atoms with E-state index in [0.717, 1.165) is 25.7 Å². The van der Waals surface area contributed by atoms with Crippen LogP contribution in [0.5, 0.6) is 0 Å². The number of hydrogen-bond donors (Lipinski definition) is 0. The van der Waals surface area contributed by atoms with Crippen LogP contribution < -0.4 is 0 Å². The Morgan fingerprint density at radius 3 is 2.10 bits per heavy atom. The van der Waals surface area contributed by atoms with Crippen LogP contribution in [-0.2, 0) is 0 Å². The van der Waals surface area contributed by atoms with Gasteiger partial charge in [-0.05, 0) is 44.4 Å². The molecular formula is C20H33-. The Morgan fingerprint density at radius 2 is 1.50 bits per heavy atom. The van der Waals surface area contributed by atoms with Gasteiger partial charge in [-0.3, -0.25) is 0 Å². The standard InChI is InChI=1S/C20H33/c1-4-7-9-11-12-13-14-15-17-19-20(6-3)18-16-10-8-5-2/h7,9,12-13,15-18,20H,2,4-6,8,10-11,14,19H2,1,3H3/q-1/b9-7-,13-12-,17-15-,18-16+. The van der Waals surface area contributed by atoms with E-state index >= 15 is 0 Å². The molecule has 0 amide bonds. The third-order valence-corrected chi connectivity index (χ3v) is 3.27. The number of rotatable bonds is 12. The monoisotopic (exact) mass is 273 g/mol. The largest absolute Gasteiger partial charge is 0.343 e. The molecule has 0 rings (SSSR count). The summed E-state index contributed by atoms with van der Waals surface area (Å²) in [7, 11) is 0. The van der Waals surface area contributed by atoms with Gasteiger partial charge in [0.2, 0.25) is 0 Å². The SMILES string of the molecule is [CH2-]CCC/C=C/C(CC)C/C=C\C/C=C\C/C=C\CC. The molecule has 0 heteroatoms. The van der Waals surface area contributed by atoms with Gasteiger partial charge >= 0.3 is 0 Å². The quantitative estimate of drug-likeness (QED) is 0.208. The highest BCUT2D eigenvalue weighted by Crippen LogP contribution is 2.12. The van der Waals surface area contributed by atoms with E-state index in [4.69, 9.17) is 0 Å². The van der Waals surface area contributed by atoms with Gasteiger partial charge in [-0.25, -0.2) is 0 Å². The van der Waals surface area contributed by atoms with E-state index in [0.29, 0.717) is 5.92 Å². The lowest BCUT2D eigenvalue weighted by molar-refractivity contribution is 0.634. The Morgan fingerprint density at radius 1 is 0.850 bits per heavy atom. The summed E-state index contributed by atoms with van der Waals surface area (Å²) in [5.41, 5.74) is 0. The van der Waals surface area contributed by atoms with Gasteiger partial charge in [0.1, 0.15) is 0 Å². The van der Waals surface area contributed by atoms with Gasteiger partial charge in [-0.1, -0.05) is 68.9 Å². The van der Waals surface area contributed by atoms with Crippen molar-refractivity contribution < 1.29 is 0 Å². The van der Waals surface area contributed by atoms with Crippen LogP contribution in [0, 0.1) is 12.8 Å². The molecule has 0 heterocycles. The molecule has 0 aliphatic carbocycles. The van der Waals surface area contributed by atoms with Gasteiger partial charge in [0.15, 0.2) is 0 Å². The Hall–Kier alpha value is -1.04. The van der Waals surface area contributed by atoms with Gasteiger partial charge in [0, 0.05) is 0 Å². The first-order chi connectivity index (χ1) is 9.85. The maximum absolute atomic E-state index is 3.87. The molecule has 1 unspecified atom stereocenters. The lowest BCUT2D eigenvalue weighted by atomic mass is 10.0. The fourth-order valence-corrected chi connectivity index (χ4v) is 1.91. The molecule has 0 nitrogen and oxygen atoms in total. The van der Waals surface area contributed by atoms with Crippen molar-refractivity contribution in [1.82, 2.24) is 0 Å². The molecule has 0 aromatic heterocycles. The van der Waals surface area contributed by atoms with Gasteiger partial charge in [-0.15, -0.1) is 0 Å². The number of allylic oxidation sites excluding steroid dienone is 8. The maximum Gasteiger partial charge on any atom is -0.0169 e. The Balaban J connectivity index is 3.73. The van der Waals surface area contributed by atoms with Crippen LogP contribution >= 0.6 is 0 Å². The second kappa shape index (κ2) is 16.0. The van der Waals surface area contributed by atoms with Crippen LogP contribution in [0.2, 0.25) is 0 Å². The van der Waals surface area contributed by atoms with Gasteiger partial charge in [0.05, 0.1) is 0 Å². The summed E-state index contributed by atoms with van der Waals surface area (Å²) < 4.78 is 0. The van der Waals surface area contributed by atoms with Crippen LogP contribution in [0.15, 0.2) is 48.6 Å². The molecule has 0 saturated carbocycles. The summed E-state index contributed by atoms with van der Waals surface area (Å²) >= 11 is 0. The molecule has 0 aliphatic rings. The summed E-state index contributed by atoms with van der Waals surface area (Å²) in [4.78, 5) is 0. The van der Waals surface area contributed by atoms with Crippen molar-refractivity contribution in [2.45, 2.75) is 65.2 Å². The van der Waals surface area contributed by atoms with Gasteiger partial charge in [0.25, 0.3) is 0 Å². The van der Waals surface area contributed by atoms with Gasteiger partial charge < -0.3 is 6.92 Å². The van der Waals surface area contributed by atoms with Crippen LogP contribution in [-0.4, -0.2) is 0 Å². The molecule has 114 valence electrons. The summed E-state index contributed by atoms with van der Waals surface area (Å²) in [6.45, 7) is 8.30. The smallest absolute Gasteiger partial charge is 0.0169 e. The van der Waals surface area contributed by atoms with Crippen molar-refractivity contribution in [3.05, 3.63) is 55.5 Å². The Labute approximate surface area is 127 Å². The molecule has 0 bridgehead atoms. The van der Waals surface area contributed by atoms with Crippen LogP contribution in [0.4, 0.5) is 0 Å². The molecule has 0 spiro atoms. The molecule has 0 aromatic rings. The van der Waals surface area contributed by atoms with Crippen molar-refractivity contribution >= 4 is 0 Å². The summed E-state index contributed by atoms with van der Waals surface area (Å²) in [6.07, 6.45) is 27.3. The highest BCUT2D eigenvalue weighted by molar-refractivity contribution is 4.99. The van der Waals surface area contributed by atoms with Crippen molar-refractivity contribution in [3.8, 4) is 0 Å². The molecular weight excluding hydrogens is 240 g/mol. The molecule has 0 radical (unpaired) electrons. The first kappa shape index (κ1) is 19.0. The van der Waals surface area contributed by atoms with Crippen molar-refractivity contribution in [2.75, 3.05) is 0 Å². The van der Waals surface area contributed by atoms with E-state index in [-0.39, 0.29) is 0 Å². The van der Waals surface area contributed by atoms with Crippen LogP contribution in [0.25, 0.3) is 0 Å². The normalized spacial score (nSPS) is 14.3. The Bertz CT molecular complexity index is 291. The predicted octanol–water partition coefficient (Wildman–Crippen LogP) is 6.82. The van der Waals surface area contributed by atoms with E-state index < -0.39 is 0 Å². The Kier molecular flexibility index (Phi) is 15.2. The first-order valence-corrected chi connectivity index (χ1v) is 8.26. The predicted molar refractivity (Wildman–Crippen MR) is 93.7 cm³/mol. The summed E-state index contributed by atoms with van der Waals surface area (Å²) in [6, 6.07) is 0. The second-order valence-electron chi connectivity index (χ2n) is 5.12. The molecule has 0 N–H and O–H groups in total. The molecule has 0 saturated heterocycles. The fraction of sp³-hybridized carbons (Fsp3) is 0.550. The van der Waals surface area contributed by atoms with E-state index in [9.17, 15) is 0 Å². The average Bonchev–Trinajstić information content (AvgIpc) is 2.47. The zero-order chi connectivity index (χ0) is 14.9. The maximum atomic E-state index is 3.87. The molecule has 1 atom stereocenters. The highest BCUT2D eigenvalue weighted by Gasteiger charge is 1.97. The topological polar surface area (TPSA) is 0 Å². The zero-order valence-corrected chi connectivity index (χ0v) is 13.6. The van der Waals surface area contributed by atoms with Gasteiger partial charge in [-0.2, -0.15) is 6.42 Å². The molecule has 0 fully saturated rings. The fourth-order valence-electron chi connectivity index (χ4n) is 1.91. The average molecular weight is 273 g/mol. The third-order valence-electron chi connectivity index (χ3n) is 3.27. The molecule has 20 heavy (non-hydrogen) atoms. The first-order valence-electron chi connectivity index (χ1n) is 8.26. The lowest BCUT2D eigenvalue weighted by Gasteiger charge is -2.06. The van der Waals surface area contributed by atoms with Crippen LogP contribution in [0.3, 0.4) is 0 Å². The van der Waals surface area contributed by atoms with E-state index in [1.165, 1.54) is 25.7 Å².